The molecule has 1 aromatic heterocycles. The van der Waals surface area contributed by atoms with E-state index < -0.39 is 0 Å². The topological polar surface area (TPSA) is 64.9 Å². The third-order valence-electron chi connectivity index (χ3n) is 1.88. The Morgan fingerprint density at radius 1 is 1.50 bits per heavy atom. The molecular formula is C10H10ClN3OS. The maximum absolute atomic E-state index is 6.02. The van der Waals surface area contributed by atoms with Crippen LogP contribution < -0.4 is 5.73 Å². The van der Waals surface area contributed by atoms with Crippen LogP contribution in [0.2, 0.25) is 5.02 Å². The van der Waals surface area contributed by atoms with Crippen molar-refractivity contribution >= 4 is 29.1 Å². The lowest BCUT2D eigenvalue weighted by molar-refractivity contribution is 0.387. The fraction of sp³-hybridized carbons (Fsp3) is 0.200. The van der Waals surface area contributed by atoms with Crippen LogP contribution in [0.5, 0.6) is 0 Å². The monoisotopic (exact) mass is 255 g/mol. The Bertz CT molecular complexity index is 501. The molecule has 0 aliphatic heterocycles. The molecule has 84 valence electrons. The fourth-order valence-corrected chi connectivity index (χ4v) is 2.27. The second kappa shape index (κ2) is 4.76. The molecule has 16 heavy (non-hydrogen) atoms. The van der Waals surface area contributed by atoms with Gasteiger partial charge in [0.1, 0.15) is 0 Å². The number of hydrogen-bond donors (Lipinski definition) is 1. The Kier molecular flexibility index (Phi) is 3.36. The van der Waals surface area contributed by atoms with Gasteiger partial charge in [-0.3, -0.25) is 0 Å². The number of nitrogens with two attached hydrogens (primary N) is 1. The van der Waals surface area contributed by atoms with Gasteiger partial charge in [0, 0.05) is 10.6 Å². The van der Waals surface area contributed by atoms with Gasteiger partial charge in [-0.15, -0.1) is 11.8 Å². The van der Waals surface area contributed by atoms with Crippen LogP contribution in [-0.4, -0.2) is 10.1 Å². The van der Waals surface area contributed by atoms with E-state index >= 15 is 0 Å². The number of aromatic nitrogens is 2. The quantitative estimate of drug-likeness (QED) is 0.675. The first-order valence-corrected chi connectivity index (χ1v) is 5.98. The molecular weight excluding hydrogens is 246 g/mol. The summed E-state index contributed by atoms with van der Waals surface area (Å²) in [5.41, 5.74) is 6.37. The van der Waals surface area contributed by atoms with Crippen LogP contribution in [0, 0.1) is 6.92 Å². The molecule has 6 heteroatoms. The van der Waals surface area contributed by atoms with Crippen LogP contribution in [0.1, 0.15) is 11.7 Å². The van der Waals surface area contributed by atoms with Gasteiger partial charge in [-0.05, 0) is 25.1 Å². The van der Waals surface area contributed by atoms with E-state index in [2.05, 4.69) is 10.1 Å². The average molecular weight is 256 g/mol. The molecule has 0 radical (unpaired) electrons. The number of halogens is 1. The van der Waals surface area contributed by atoms with E-state index in [1.807, 2.05) is 6.07 Å². The molecule has 0 atom stereocenters. The van der Waals surface area contributed by atoms with E-state index in [0.29, 0.717) is 28.2 Å². The molecule has 0 saturated heterocycles. The molecule has 4 nitrogen and oxygen atoms in total. The summed E-state index contributed by atoms with van der Waals surface area (Å²) in [7, 11) is 0. The van der Waals surface area contributed by atoms with E-state index in [9.17, 15) is 0 Å². The van der Waals surface area contributed by atoms with Crippen LogP contribution in [0.15, 0.2) is 27.6 Å². The number of anilines is 1. The number of rotatable bonds is 3. The molecule has 0 amide bonds. The summed E-state index contributed by atoms with van der Waals surface area (Å²) >= 11 is 7.54. The molecule has 1 heterocycles. The molecule has 0 unspecified atom stereocenters. The molecule has 2 aromatic rings. The third kappa shape index (κ3) is 2.68. The zero-order valence-corrected chi connectivity index (χ0v) is 10.2. The van der Waals surface area contributed by atoms with Crippen molar-refractivity contribution in [3.8, 4) is 0 Å². The summed E-state index contributed by atoms with van der Waals surface area (Å²) in [5, 5.41) is 4.39. The van der Waals surface area contributed by atoms with Crippen molar-refractivity contribution in [1.82, 2.24) is 10.1 Å². The highest BCUT2D eigenvalue weighted by molar-refractivity contribution is 7.98. The van der Waals surface area contributed by atoms with Gasteiger partial charge in [-0.1, -0.05) is 16.8 Å². The van der Waals surface area contributed by atoms with Gasteiger partial charge in [0.2, 0.25) is 5.89 Å². The summed E-state index contributed by atoms with van der Waals surface area (Å²) in [6, 6.07) is 5.37. The zero-order chi connectivity index (χ0) is 11.5. The van der Waals surface area contributed by atoms with Crippen LogP contribution in [0.25, 0.3) is 0 Å². The molecule has 2 N–H and O–H groups in total. The molecule has 0 fully saturated rings. The second-order valence-electron chi connectivity index (χ2n) is 3.21. The van der Waals surface area contributed by atoms with Crippen molar-refractivity contribution in [2.75, 3.05) is 5.73 Å². The Labute approximate surface area is 102 Å². The fourth-order valence-electron chi connectivity index (χ4n) is 1.17. The zero-order valence-electron chi connectivity index (χ0n) is 8.61. The van der Waals surface area contributed by atoms with E-state index in [4.69, 9.17) is 21.9 Å². The third-order valence-corrected chi connectivity index (χ3v) is 3.36. The van der Waals surface area contributed by atoms with E-state index in [1.54, 1.807) is 19.1 Å². The first kappa shape index (κ1) is 11.3. The van der Waals surface area contributed by atoms with Crippen molar-refractivity contribution in [2.24, 2.45) is 0 Å². The SMILES string of the molecule is Cc1noc(CSc2cc(N)ccc2Cl)n1. The maximum atomic E-state index is 6.02. The van der Waals surface area contributed by atoms with E-state index in [1.165, 1.54) is 11.8 Å². The van der Waals surface area contributed by atoms with Crippen LogP contribution >= 0.6 is 23.4 Å². The number of nitrogen functional groups attached to an aromatic ring is 1. The minimum Gasteiger partial charge on any atom is -0.399 e. The highest BCUT2D eigenvalue weighted by Gasteiger charge is 2.06. The molecule has 0 aliphatic rings. The van der Waals surface area contributed by atoms with Crippen LogP contribution in [0.4, 0.5) is 5.69 Å². The Morgan fingerprint density at radius 2 is 2.31 bits per heavy atom. The van der Waals surface area contributed by atoms with Crippen molar-refractivity contribution in [3.63, 3.8) is 0 Å². The van der Waals surface area contributed by atoms with Crippen LogP contribution in [0.3, 0.4) is 0 Å². The first-order valence-electron chi connectivity index (χ1n) is 4.62. The predicted octanol–water partition coefficient (Wildman–Crippen LogP) is 2.91. The normalized spacial score (nSPS) is 10.6. The lowest BCUT2D eigenvalue weighted by Crippen LogP contribution is -1.86. The summed E-state index contributed by atoms with van der Waals surface area (Å²) in [6.45, 7) is 1.78. The summed E-state index contributed by atoms with van der Waals surface area (Å²) < 4.78 is 5.00. The van der Waals surface area contributed by atoms with Gasteiger partial charge >= 0.3 is 0 Å². The molecule has 0 spiro atoms. The highest BCUT2D eigenvalue weighted by Crippen LogP contribution is 2.30. The molecule has 0 bridgehead atoms. The maximum Gasteiger partial charge on any atom is 0.236 e. The summed E-state index contributed by atoms with van der Waals surface area (Å²) in [5.74, 6) is 1.81. The summed E-state index contributed by atoms with van der Waals surface area (Å²) in [4.78, 5) is 5.02. The Morgan fingerprint density at radius 3 is 3.00 bits per heavy atom. The van der Waals surface area contributed by atoms with Gasteiger partial charge in [0.05, 0.1) is 10.8 Å². The Balaban J connectivity index is 2.07. The smallest absolute Gasteiger partial charge is 0.236 e. The molecule has 0 saturated carbocycles. The van der Waals surface area contributed by atoms with Gasteiger partial charge in [-0.25, -0.2) is 0 Å². The van der Waals surface area contributed by atoms with Crippen molar-refractivity contribution in [1.29, 1.82) is 0 Å². The number of benzene rings is 1. The highest BCUT2D eigenvalue weighted by atomic mass is 35.5. The number of thioether (sulfide) groups is 1. The molecule has 1 aromatic carbocycles. The summed E-state index contributed by atoms with van der Waals surface area (Å²) in [6.07, 6.45) is 0. The van der Waals surface area contributed by atoms with Crippen molar-refractivity contribution in [3.05, 3.63) is 34.9 Å². The number of hydrogen-bond acceptors (Lipinski definition) is 5. The lowest BCUT2D eigenvalue weighted by atomic mass is 10.3. The van der Waals surface area contributed by atoms with Crippen molar-refractivity contribution < 1.29 is 4.52 Å². The van der Waals surface area contributed by atoms with E-state index in [0.717, 1.165) is 4.90 Å². The van der Waals surface area contributed by atoms with Crippen molar-refractivity contribution in [2.45, 2.75) is 17.6 Å². The lowest BCUT2D eigenvalue weighted by Gasteiger charge is -2.02. The van der Waals surface area contributed by atoms with Crippen LogP contribution in [-0.2, 0) is 5.75 Å². The Hall–Kier alpha value is -1.20. The number of nitrogens with zero attached hydrogens (tertiary/aromatic N) is 2. The minimum absolute atomic E-state index is 0.584. The van der Waals surface area contributed by atoms with Gasteiger partial charge in [-0.2, -0.15) is 4.98 Å². The standard InChI is InChI=1S/C10H10ClN3OS/c1-6-13-10(15-14-6)5-16-9-4-7(12)2-3-8(9)11/h2-4H,5,12H2,1H3. The van der Waals surface area contributed by atoms with E-state index in [-0.39, 0.29) is 0 Å². The van der Waals surface area contributed by atoms with Gasteiger partial charge < -0.3 is 10.3 Å². The number of aryl methyl sites for hydroxylation is 1. The predicted molar refractivity (Wildman–Crippen MR) is 64.5 cm³/mol. The largest absolute Gasteiger partial charge is 0.399 e. The molecule has 2 rings (SSSR count). The average Bonchev–Trinajstić information content (AvgIpc) is 2.66. The first-order chi connectivity index (χ1) is 7.65. The van der Waals surface area contributed by atoms with Gasteiger partial charge in [0.15, 0.2) is 5.82 Å². The minimum atomic E-state index is 0.584. The van der Waals surface area contributed by atoms with Gasteiger partial charge in [0.25, 0.3) is 0 Å². The second-order valence-corrected chi connectivity index (χ2v) is 4.64. The molecule has 0 aliphatic carbocycles.